The van der Waals surface area contributed by atoms with Crippen molar-refractivity contribution in [3.63, 3.8) is 0 Å². The minimum atomic E-state index is -0.119. The first kappa shape index (κ1) is 9.93. The molecule has 0 radical (unpaired) electrons. The Bertz CT molecular complexity index is 294. The lowest BCUT2D eigenvalue weighted by molar-refractivity contribution is 0.0996. The summed E-state index contributed by atoms with van der Waals surface area (Å²) in [7, 11) is 0. The van der Waals surface area contributed by atoms with Gasteiger partial charge in [-0.3, -0.25) is 4.79 Å². The van der Waals surface area contributed by atoms with E-state index in [9.17, 15) is 4.79 Å². The summed E-state index contributed by atoms with van der Waals surface area (Å²) >= 11 is 6.55. The third-order valence-electron chi connectivity index (χ3n) is 1.47. The molecule has 0 aliphatic rings. The van der Waals surface area contributed by atoms with Gasteiger partial charge in [0.2, 0.25) is 0 Å². The van der Waals surface area contributed by atoms with Crippen molar-refractivity contribution in [1.29, 1.82) is 0 Å². The summed E-state index contributed by atoms with van der Waals surface area (Å²) in [5.41, 5.74) is 0.730. The maximum absolute atomic E-state index is 11.4. The van der Waals surface area contributed by atoms with E-state index in [4.69, 9.17) is 0 Å². The quantitative estimate of drug-likeness (QED) is 0.603. The third kappa shape index (κ3) is 2.42. The lowest BCUT2D eigenvalue weighted by Crippen LogP contribution is -2.09. The number of alkyl halides is 1. The number of halogens is 2. The second-order valence-corrected chi connectivity index (χ2v) is 4.78. The zero-order valence-electron chi connectivity index (χ0n) is 6.55. The predicted molar refractivity (Wildman–Crippen MR) is 56.9 cm³/mol. The molecule has 12 heavy (non-hydrogen) atoms. The molecule has 0 heterocycles. The number of hydrogen-bond donors (Lipinski definition) is 0. The van der Waals surface area contributed by atoms with Crippen LogP contribution in [0.25, 0.3) is 0 Å². The SMILES string of the molecule is C[C@H](Br)C(=O)c1cccc(Br)c1. The van der Waals surface area contributed by atoms with Crippen molar-refractivity contribution in [2.24, 2.45) is 0 Å². The van der Waals surface area contributed by atoms with Crippen LogP contribution in [-0.4, -0.2) is 10.6 Å². The summed E-state index contributed by atoms with van der Waals surface area (Å²) in [6.07, 6.45) is 0. The number of carbonyl (C=O) groups is 1. The second kappa shape index (κ2) is 4.19. The van der Waals surface area contributed by atoms with Crippen LogP contribution in [0.5, 0.6) is 0 Å². The number of rotatable bonds is 2. The Morgan fingerprint density at radius 2 is 2.17 bits per heavy atom. The van der Waals surface area contributed by atoms with Crippen LogP contribution < -0.4 is 0 Å². The van der Waals surface area contributed by atoms with Crippen molar-refractivity contribution in [2.75, 3.05) is 0 Å². The molecule has 0 saturated heterocycles. The standard InChI is InChI=1S/C9H8Br2O/c1-6(10)9(12)7-3-2-4-8(11)5-7/h2-6H,1H3/t6-/m0/s1. The molecule has 0 amide bonds. The van der Waals surface area contributed by atoms with Crippen LogP contribution in [0.4, 0.5) is 0 Å². The normalized spacial score (nSPS) is 12.6. The summed E-state index contributed by atoms with van der Waals surface area (Å²) in [6.45, 7) is 1.82. The monoisotopic (exact) mass is 290 g/mol. The zero-order valence-corrected chi connectivity index (χ0v) is 9.72. The molecule has 0 saturated carbocycles. The summed E-state index contributed by atoms with van der Waals surface area (Å²) in [5, 5.41) is 0. The van der Waals surface area contributed by atoms with Gasteiger partial charge in [-0.15, -0.1) is 0 Å². The molecule has 0 aliphatic heterocycles. The molecule has 3 heteroatoms. The van der Waals surface area contributed by atoms with Gasteiger partial charge >= 0.3 is 0 Å². The maximum Gasteiger partial charge on any atom is 0.176 e. The van der Waals surface area contributed by atoms with Crippen LogP contribution in [0.2, 0.25) is 0 Å². The minimum absolute atomic E-state index is 0.108. The van der Waals surface area contributed by atoms with Gasteiger partial charge in [-0.2, -0.15) is 0 Å². The molecule has 0 aromatic heterocycles. The molecular formula is C9H8Br2O. The van der Waals surface area contributed by atoms with Gasteiger partial charge in [0.15, 0.2) is 5.78 Å². The van der Waals surface area contributed by atoms with E-state index in [1.807, 2.05) is 31.2 Å². The fourth-order valence-electron chi connectivity index (χ4n) is 0.871. The Morgan fingerprint density at radius 3 is 2.67 bits per heavy atom. The van der Waals surface area contributed by atoms with E-state index in [1.54, 1.807) is 0 Å². The molecule has 1 aromatic carbocycles. The summed E-state index contributed by atoms with van der Waals surface area (Å²) in [4.78, 5) is 11.3. The van der Waals surface area contributed by atoms with Crippen molar-refractivity contribution in [3.05, 3.63) is 34.3 Å². The highest BCUT2D eigenvalue weighted by atomic mass is 79.9. The van der Waals surface area contributed by atoms with Crippen LogP contribution >= 0.6 is 31.9 Å². The maximum atomic E-state index is 11.4. The van der Waals surface area contributed by atoms with Gasteiger partial charge in [-0.1, -0.05) is 44.0 Å². The number of ketones is 1. The summed E-state index contributed by atoms with van der Waals surface area (Å²) in [6, 6.07) is 7.38. The first-order valence-corrected chi connectivity index (χ1v) is 5.26. The van der Waals surface area contributed by atoms with E-state index >= 15 is 0 Å². The van der Waals surface area contributed by atoms with Gasteiger partial charge in [0.25, 0.3) is 0 Å². The molecule has 1 atom stereocenters. The fourth-order valence-corrected chi connectivity index (χ4v) is 1.53. The predicted octanol–water partition coefficient (Wildman–Crippen LogP) is 3.42. The van der Waals surface area contributed by atoms with E-state index in [0.29, 0.717) is 0 Å². The zero-order chi connectivity index (χ0) is 9.14. The molecule has 1 aromatic rings. The smallest absolute Gasteiger partial charge is 0.176 e. The van der Waals surface area contributed by atoms with Gasteiger partial charge in [-0.25, -0.2) is 0 Å². The molecule has 0 aliphatic carbocycles. The lowest BCUT2D eigenvalue weighted by atomic mass is 10.1. The Morgan fingerprint density at radius 1 is 1.50 bits per heavy atom. The molecule has 0 bridgehead atoms. The molecule has 1 rings (SSSR count). The van der Waals surface area contributed by atoms with Crippen LogP contribution in [0.1, 0.15) is 17.3 Å². The number of carbonyl (C=O) groups excluding carboxylic acids is 1. The van der Waals surface area contributed by atoms with E-state index < -0.39 is 0 Å². The molecule has 0 fully saturated rings. The third-order valence-corrected chi connectivity index (χ3v) is 2.38. The average molecular weight is 292 g/mol. The van der Waals surface area contributed by atoms with E-state index in [2.05, 4.69) is 31.9 Å². The van der Waals surface area contributed by atoms with Crippen molar-refractivity contribution >= 4 is 37.6 Å². The van der Waals surface area contributed by atoms with Gasteiger partial charge in [-0.05, 0) is 19.1 Å². The van der Waals surface area contributed by atoms with Gasteiger partial charge in [0.1, 0.15) is 0 Å². The number of benzene rings is 1. The lowest BCUT2D eigenvalue weighted by Gasteiger charge is -2.02. The van der Waals surface area contributed by atoms with Crippen molar-refractivity contribution in [2.45, 2.75) is 11.8 Å². The topological polar surface area (TPSA) is 17.1 Å². The molecule has 0 unspecified atom stereocenters. The molecule has 0 spiro atoms. The fraction of sp³-hybridized carbons (Fsp3) is 0.222. The largest absolute Gasteiger partial charge is 0.293 e. The molecule has 0 N–H and O–H groups in total. The van der Waals surface area contributed by atoms with Gasteiger partial charge < -0.3 is 0 Å². The molecule has 64 valence electrons. The Balaban J connectivity index is 2.96. The second-order valence-electron chi connectivity index (χ2n) is 2.49. The number of hydrogen-bond acceptors (Lipinski definition) is 1. The van der Waals surface area contributed by atoms with Crippen LogP contribution in [0, 0.1) is 0 Å². The first-order valence-electron chi connectivity index (χ1n) is 3.55. The van der Waals surface area contributed by atoms with Gasteiger partial charge in [0.05, 0.1) is 4.83 Å². The molecular weight excluding hydrogens is 284 g/mol. The Labute approximate surface area is 88.4 Å². The van der Waals surface area contributed by atoms with Crippen molar-refractivity contribution in [1.82, 2.24) is 0 Å². The number of Topliss-reactive ketones (excluding diaryl/α,β-unsaturated/α-hetero) is 1. The summed E-state index contributed by atoms with van der Waals surface area (Å²) in [5.74, 6) is 0.108. The van der Waals surface area contributed by atoms with Crippen molar-refractivity contribution in [3.8, 4) is 0 Å². The van der Waals surface area contributed by atoms with E-state index in [-0.39, 0.29) is 10.6 Å². The summed E-state index contributed by atoms with van der Waals surface area (Å²) < 4.78 is 0.932. The Hall–Kier alpha value is -0.150. The highest BCUT2D eigenvalue weighted by Crippen LogP contribution is 2.15. The minimum Gasteiger partial charge on any atom is -0.293 e. The average Bonchev–Trinajstić information content (AvgIpc) is 2.03. The van der Waals surface area contributed by atoms with E-state index in [1.165, 1.54) is 0 Å². The van der Waals surface area contributed by atoms with Crippen LogP contribution in [-0.2, 0) is 0 Å². The highest BCUT2D eigenvalue weighted by molar-refractivity contribution is 9.10. The molecule has 1 nitrogen and oxygen atoms in total. The van der Waals surface area contributed by atoms with E-state index in [0.717, 1.165) is 10.0 Å². The Kier molecular flexibility index (Phi) is 3.47. The van der Waals surface area contributed by atoms with Crippen molar-refractivity contribution < 1.29 is 4.79 Å². The first-order chi connectivity index (χ1) is 5.61. The highest BCUT2D eigenvalue weighted by Gasteiger charge is 2.10. The van der Waals surface area contributed by atoms with Crippen LogP contribution in [0.3, 0.4) is 0 Å². The van der Waals surface area contributed by atoms with Crippen LogP contribution in [0.15, 0.2) is 28.7 Å². The van der Waals surface area contributed by atoms with Gasteiger partial charge in [0, 0.05) is 10.0 Å².